The maximum Gasteiger partial charge on any atom is 0.356 e. The van der Waals surface area contributed by atoms with Crippen molar-refractivity contribution in [1.82, 2.24) is 4.98 Å². The van der Waals surface area contributed by atoms with Crippen molar-refractivity contribution in [3.05, 3.63) is 17.8 Å². The maximum atomic E-state index is 11.4. The monoisotopic (exact) mass is 255 g/mol. The Hall–Kier alpha value is -1.76. The van der Waals surface area contributed by atoms with Gasteiger partial charge in [0.05, 0.1) is 14.2 Å². The van der Waals surface area contributed by atoms with Crippen LogP contribution >= 0.6 is 11.8 Å². The molecule has 0 aromatic carbocycles. The molecule has 1 heterocycles. The molecule has 92 valence electrons. The third-order valence-corrected chi connectivity index (χ3v) is 2.36. The fourth-order valence-electron chi connectivity index (χ4n) is 1.03. The van der Waals surface area contributed by atoms with Crippen LogP contribution in [-0.2, 0) is 4.74 Å². The Bertz CT molecular complexity index is 448. The predicted molar refractivity (Wildman–Crippen MR) is 66.9 cm³/mol. The summed E-state index contributed by atoms with van der Waals surface area (Å²) in [6.45, 7) is 0. The van der Waals surface area contributed by atoms with Gasteiger partial charge < -0.3 is 15.2 Å². The Morgan fingerprint density at radius 1 is 1.47 bits per heavy atom. The predicted octanol–water partition coefficient (Wildman–Crippen LogP) is 1.19. The van der Waals surface area contributed by atoms with E-state index in [4.69, 9.17) is 10.5 Å². The smallest absolute Gasteiger partial charge is 0.356 e. The molecule has 0 aliphatic rings. The number of aliphatic imine (C=N–C) groups is 1. The summed E-state index contributed by atoms with van der Waals surface area (Å²) < 4.78 is 9.62. The highest BCUT2D eigenvalue weighted by molar-refractivity contribution is 8.13. The number of ether oxygens (including phenoxy) is 2. The molecular weight excluding hydrogens is 242 g/mol. The molecule has 0 radical (unpaired) electrons. The second-order valence-corrected chi connectivity index (χ2v) is 3.72. The van der Waals surface area contributed by atoms with Crippen LogP contribution in [0.25, 0.3) is 0 Å². The SMILES string of the molecule is COC(=O)c1cc(OC)cc(N=C(N)SC)n1. The summed E-state index contributed by atoms with van der Waals surface area (Å²) in [6.07, 6.45) is 1.79. The van der Waals surface area contributed by atoms with Gasteiger partial charge in [0.15, 0.2) is 16.7 Å². The van der Waals surface area contributed by atoms with E-state index in [-0.39, 0.29) is 5.69 Å². The van der Waals surface area contributed by atoms with Crippen LogP contribution in [0.2, 0.25) is 0 Å². The second-order valence-electron chi connectivity index (χ2n) is 2.90. The topological polar surface area (TPSA) is 86.8 Å². The van der Waals surface area contributed by atoms with Gasteiger partial charge in [0, 0.05) is 12.1 Å². The lowest BCUT2D eigenvalue weighted by Crippen LogP contribution is -2.07. The van der Waals surface area contributed by atoms with Crippen molar-refractivity contribution in [2.45, 2.75) is 0 Å². The highest BCUT2D eigenvalue weighted by atomic mass is 32.2. The van der Waals surface area contributed by atoms with Crippen molar-refractivity contribution in [3.63, 3.8) is 0 Å². The van der Waals surface area contributed by atoms with Crippen LogP contribution in [-0.4, -0.2) is 36.6 Å². The van der Waals surface area contributed by atoms with Crippen LogP contribution < -0.4 is 10.5 Å². The van der Waals surface area contributed by atoms with Crippen LogP contribution in [0.4, 0.5) is 5.82 Å². The zero-order valence-corrected chi connectivity index (χ0v) is 10.6. The van der Waals surface area contributed by atoms with Gasteiger partial charge in [0.2, 0.25) is 0 Å². The zero-order valence-electron chi connectivity index (χ0n) is 9.76. The molecule has 0 saturated carbocycles. The number of rotatable bonds is 3. The normalized spacial score (nSPS) is 11.1. The van der Waals surface area contributed by atoms with Gasteiger partial charge >= 0.3 is 5.97 Å². The van der Waals surface area contributed by atoms with Crippen molar-refractivity contribution in [2.24, 2.45) is 10.7 Å². The van der Waals surface area contributed by atoms with E-state index in [2.05, 4.69) is 14.7 Å². The molecule has 0 bridgehead atoms. The van der Waals surface area contributed by atoms with Crippen molar-refractivity contribution in [2.75, 3.05) is 20.5 Å². The number of carbonyl (C=O) groups is 1. The van der Waals surface area contributed by atoms with Crippen LogP contribution in [0.1, 0.15) is 10.5 Å². The van der Waals surface area contributed by atoms with Gasteiger partial charge in [-0.15, -0.1) is 0 Å². The molecule has 7 heteroatoms. The first-order chi connectivity index (χ1) is 8.10. The summed E-state index contributed by atoms with van der Waals surface area (Å²) in [5, 5.41) is 0.349. The van der Waals surface area contributed by atoms with E-state index in [1.165, 1.54) is 32.0 Å². The van der Waals surface area contributed by atoms with E-state index >= 15 is 0 Å². The van der Waals surface area contributed by atoms with Gasteiger partial charge in [0.1, 0.15) is 5.75 Å². The Labute approximate surface area is 103 Å². The Morgan fingerprint density at radius 2 is 2.18 bits per heavy atom. The van der Waals surface area contributed by atoms with Crippen molar-refractivity contribution in [3.8, 4) is 5.75 Å². The quantitative estimate of drug-likeness (QED) is 0.496. The zero-order chi connectivity index (χ0) is 12.8. The number of thioether (sulfide) groups is 1. The van der Waals surface area contributed by atoms with Gasteiger partial charge in [-0.25, -0.2) is 14.8 Å². The molecule has 0 aliphatic carbocycles. The minimum Gasteiger partial charge on any atom is -0.497 e. The van der Waals surface area contributed by atoms with Crippen molar-refractivity contribution < 1.29 is 14.3 Å². The fraction of sp³-hybridized carbons (Fsp3) is 0.300. The van der Waals surface area contributed by atoms with Gasteiger partial charge in [-0.3, -0.25) is 0 Å². The molecule has 0 amide bonds. The molecule has 0 fully saturated rings. The number of carbonyl (C=O) groups excluding carboxylic acids is 1. The summed E-state index contributed by atoms with van der Waals surface area (Å²) >= 11 is 1.28. The summed E-state index contributed by atoms with van der Waals surface area (Å²) in [4.78, 5) is 19.4. The van der Waals surface area contributed by atoms with E-state index < -0.39 is 5.97 Å². The standard InChI is InChI=1S/C10H13N3O3S/c1-15-6-4-7(9(14)16-2)12-8(5-6)13-10(11)17-3/h4-5H,1-3H3,(H2,11,12,13). The minimum atomic E-state index is -0.553. The Morgan fingerprint density at radius 3 is 2.71 bits per heavy atom. The molecule has 6 nitrogen and oxygen atoms in total. The molecule has 17 heavy (non-hydrogen) atoms. The molecule has 0 saturated heterocycles. The summed E-state index contributed by atoms with van der Waals surface area (Å²) in [7, 11) is 2.77. The average Bonchev–Trinajstić information content (AvgIpc) is 2.36. The Kier molecular flexibility index (Phi) is 4.77. The molecule has 1 aromatic rings. The van der Waals surface area contributed by atoms with Gasteiger partial charge in [-0.1, -0.05) is 11.8 Å². The number of amidine groups is 1. The number of methoxy groups -OCH3 is 2. The summed E-state index contributed by atoms with van der Waals surface area (Å²) in [5.41, 5.74) is 5.70. The number of nitrogens with zero attached hydrogens (tertiary/aromatic N) is 2. The van der Waals surface area contributed by atoms with Gasteiger partial charge in [-0.2, -0.15) is 0 Å². The van der Waals surface area contributed by atoms with E-state index in [1.807, 2.05) is 0 Å². The summed E-state index contributed by atoms with van der Waals surface area (Å²) in [5.74, 6) is 0.215. The van der Waals surface area contributed by atoms with Gasteiger partial charge in [-0.05, 0) is 6.26 Å². The molecule has 1 rings (SSSR count). The number of esters is 1. The number of nitrogens with two attached hydrogens (primary N) is 1. The molecule has 2 N–H and O–H groups in total. The van der Waals surface area contributed by atoms with Crippen molar-refractivity contribution in [1.29, 1.82) is 0 Å². The number of hydrogen-bond donors (Lipinski definition) is 1. The number of aromatic nitrogens is 1. The van der Waals surface area contributed by atoms with Crippen LogP contribution in [0.5, 0.6) is 5.75 Å². The largest absolute Gasteiger partial charge is 0.497 e. The lowest BCUT2D eigenvalue weighted by molar-refractivity contribution is 0.0593. The third-order valence-electron chi connectivity index (χ3n) is 1.85. The van der Waals surface area contributed by atoms with Crippen LogP contribution in [0.15, 0.2) is 17.1 Å². The molecule has 0 atom stereocenters. The van der Waals surface area contributed by atoms with E-state index in [0.29, 0.717) is 16.7 Å². The molecule has 0 unspecified atom stereocenters. The summed E-state index contributed by atoms with van der Waals surface area (Å²) in [6, 6.07) is 3.05. The first-order valence-electron chi connectivity index (χ1n) is 4.63. The third kappa shape index (κ3) is 3.63. The van der Waals surface area contributed by atoms with Crippen molar-refractivity contribution >= 4 is 28.7 Å². The van der Waals surface area contributed by atoms with Crippen LogP contribution in [0, 0.1) is 0 Å². The maximum absolute atomic E-state index is 11.4. The second kappa shape index (κ2) is 6.09. The first-order valence-corrected chi connectivity index (χ1v) is 5.85. The van der Waals surface area contributed by atoms with E-state index in [9.17, 15) is 4.79 Å². The highest BCUT2D eigenvalue weighted by Crippen LogP contribution is 2.20. The lowest BCUT2D eigenvalue weighted by atomic mass is 10.3. The lowest BCUT2D eigenvalue weighted by Gasteiger charge is -2.04. The number of pyridine rings is 1. The minimum absolute atomic E-state index is 0.125. The molecule has 0 aliphatic heterocycles. The average molecular weight is 255 g/mol. The van der Waals surface area contributed by atoms with Gasteiger partial charge in [0.25, 0.3) is 0 Å². The molecular formula is C10H13N3O3S. The van der Waals surface area contributed by atoms with Crippen LogP contribution in [0.3, 0.4) is 0 Å². The highest BCUT2D eigenvalue weighted by Gasteiger charge is 2.11. The Balaban J connectivity index is 3.18. The fourth-order valence-corrected chi connectivity index (χ4v) is 1.22. The molecule has 0 spiro atoms. The van der Waals surface area contributed by atoms with E-state index in [1.54, 1.807) is 12.3 Å². The number of hydrogen-bond acceptors (Lipinski definition) is 6. The first kappa shape index (κ1) is 13.3. The molecule has 1 aromatic heterocycles. The van der Waals surface area contributed by atoms with E-state index in [0.717, 1.165) is 0 Å².